The lowest BCUT2D eigenvalue weighted by Gasteiger charge is -2.10. The molecule has 0 unspecified atom stereocenters. The summed E-state index contributed by atoms with van der Waals surface area (Å²) < 4.78 is 41.6. The van der Waals surface area contributed by atoms with E-state index in [9.17, 15) is 23.1 Å². The second kappa shape index (κ2) is 5.53. The van der Waals surface area contributed by atoms with Gasteiger partial charge in [0.25, 0.3) is 0 Å². The number of aliphatic hydroxyl groups is 1. The van der Waals surface area contributed by atoms with Crippen LogP contribution in [0.25, 0.3) is 11.3 Å². The first kappa shape index (κ1) is 15.0. The molecule has 0 spiro atoms. The fourth-order valence-electron chi connectivity index (χ4n) is 1.80. The number of aromatic nitrogens is 1. The zero-order valence-corrected chi connectivity index (χ0v) is 10.8. The third-order valence-electron chi connectivity index (χ3n) is 2.85. The minimum absolute atomic E-state index is 0.0245. The Morgan fingerprint density at radius 1 is 1.14 bits per heavy atom. The summed E-state index contributed by atoms with van der Waals surface area (Å²) in [6.07, 6.45) is -1.11. The van der Waals surface area contributed by atoms with E-state index < -0.39 is 46.5 Å². The highest BCUT2D eigenvalue weighted by Gasteiger charge is 2.21. The second-order valence-corrected chi connectivity index (χ2v) is 4.37. The van der Waals surface area contributed by atoms with Crippen LogP contribution >= 0.6 is 0 Å². The van der Waals surface area contributed by atoms with Crippen LogP contribution in [-0.4, -0.2) is 21.2 Å². The van der Waals surface area contributed by atoms with E-state index in [0.717, 1.165) is 24.3 Å². The molecule has 2 rings (SSSR count). The lowest BCUT2D eigenvalue weighted by Crippen LogP contribution is -2.05. The monoisotopic (exact) mass is 297 g/mol. The van der Waals surface area contributed by atoms with E-state index in [1.54, 1.807) is 0 Å². The summed E-state index contributed by atoms with van der Waals surface area (Å²) in [6.45, 7) is 1.32. The van der Waals surface area contributed by atoms with Crippen molar-refractivity contribution in [1.29, 1.82) is 0 Å². The Kier molecular flexibility index (Phi) is 3.95. The number of benzene rings is 1. The third-order valence-corrected chi connectivity index (χ3v) is 2.85. The van der Waals surface area contributed by atoms with Crippen LogP contribution in [-0.2, 0) is 0 Å². The van der Waals surface area contributed by atoms with Gasteiger partial charge < -0.3 is 10.2 Å². The van der Waals surface area contributed by atoms with Crippen molar-refractivity contribution in [2.45, 2.75) is 13.0 Å². The van der Waals surface area contributed by atoms with E-state index in [1.165, 1.54) is 6.92 Å². The first-order valence-electron chi connectivity index (χ1n) is 5.88. The Morgan fingerprint density at radius 2 is 1.71 bits per heavy atom. The number of carboxylic acids is 1. The van der Waals surface area contributed by atoms with Crippen LogP contribution in [0.4, 0.5) is 13.2 Å². The average Bonchev–Trinajstić information content (AvgIpc) is 2.39. The summed E-state index contributed by atoms with van der Waals surface area (Å²) in [5.74, 6) is -4.78. The highest BCUT2D eigenvalue weighted by Crippen LogP contribution is 2.29. The number of rotatable bonds is 3. The Balaban J connectivity index is 2.67. The van der Waals surface area contributed by atoms with Crippen molar-refractivity contribution >= 4 is 5.97 Å². The molecule has 21 heavy (non-hydrogen) atoms. The summed E-state index contributed by atoms with van der Waals surface area (Å²) in [5.41, 5.74) is -2.07. The minimum Gasteiger partial charge on any atom is -0.477 e. The van der Waals surface area contributed by atoms with E-state index in [0.29, 0.717) is 0 Å². The summed E-state index contributed by atoms with van der Waals surface area (Å²) in [4.78, 5) is 14.2. The summed E-state index contributed by atoms with van der Waals surface area (Å²) >= 11 is 0. The van der Waals surface area contributed by atoms with Crippen LogP contribution in [0.3, 0.4) is 0 Å². The van der Waals surface area contributed by atoms with Crippen LogP contribution in [0.15, 0.2) is 24.3 Å². The maximum Gasteiger partial charge on any atom is 0.354 e. The van der Waals surface area contributed by atoms with Crippen LogP contribution in [0.1, 0.15) is 29.1 Å². The van der Waals surface area contributed by atoms with E-state index in [1.807, 2.05) is 0 Å². The van der Waals surface area contributed by atoms with Gasteiger partial charge in [0.2, 0.25) is 0 Å². The van der Waals surface area contributed by atoms with Crippen molar-refractivity contribution in [3.8, 4) is 11.3 Å². The molecule has 110 valence electrons. The van der Waals surface area contributed by atoms with Gasteiger partial charge in [-0.25, -0.2) is 22.9 Å². The third kappa shape index (κ3) is 2.87. The Morgan fingerprint density at radius 3 is 2.19 bits per heavy atom. The zero-order valence-electron chi connectivity index (χ0n) is 10.8. The predicted molar refractivity (Wildman–Crippen MR) is 67.1 cm³/mol. The Bertz CT molecular complexity index is 694. The van der Waals surface area contributed by atoms with Crippen molar-refractivity contribution in [2.24, 2.45) is 0 Å². The summed E-state index contributed by atoms with van der Waals surface area (Å²) in [6, 6.07) is 3.35. The number of carboxylic acid groups (broad SMARTS) is 1. The zero-order chi connectivity index (χ0) is 15.7. The standard InChI is InChI=1S/C14H10F3NO3/c1-6(19)7-4-9(16)12(10(17)5-7)13-8(15)2-3-11(18-13)14(20)21/h2-6,19H,1H3,(H,20,21)/t6-/m1/s1. The van der Waals surface area contributed by atoms with Gasteiger partial charge in [-0.2, -0.15) is 0 Å². The number of nitrogens with zero attached hydrogens (tertiary/aromatic N) is 1. The normalized spacial score (nSPS) is 12.2. The summed E-state index contributed by atoms with van der Waals surface area (Å²) in [5, 5.41) is 18.1. The van der Waals surface area contributed by atoms with Gasteiger partial charge in [-0.15, -0.1) is 0 Å². The van der Waals surface area contributed by atoms with E-state index in [4.69, 9.17) is 5.11 Å². The van der Waals surface area contributed by atoms with Crippen molar-refractivity contribution in [2.75, 3.05) is 0 Å². The second-order valence-electron chi connectivity index (χ2n) is 4.37. The van der Waals surface area contributed by atoms with Gasteiger partial charge in [0.15, 0.2) is 0 Å². The molecule has 2 aromatic rings. The first-order chi connectivity index (χ1) is 9.81. The van der Waals surface area contributed by atoms with Crippen molar-refractivity contribution < 1.29 is 28.2 Å². The molecule has 0 aliphatic heterocycles. The molecule has 1 atom stereocenters. The lowest BCUT2D eigenvalue weighted by molar-refractivity contribution is 0.0690. The average molecular weight is 297 g/mol. The SMILES string of the molecule is C[C@@H](O)c1cc(F)c(-c2nc(C(=O)O)ccc2F)c(F)c1. The smallest absolute Gasteiger partial charge is 0.354 e. The molecular weight excluding hydrogens is 287 g/mol. The molecule has 1 heterocycles. The maximum absolute atomic E-state index is 14.0. The van der Waals surface area contributed by atoms with Gasteiger partial charge in [0.05, 0.1) is 11.7 Å². The highest BCUT2D eigenvalue weighted by atomic mass is 19.1. The molecule has 0 radical (unpaired) electrons. The van der Waals surface area contributed by atoms with Crippen LogP contribution < -0.4 is 0 Å². The molecule has 1 aromatic heterocycles. The number of aromatic carboxylic acids is 1. The van der Waals surface area contributed by atoms with E-state index in [2.05, 4.69) is 4.98 Å². The number of aliphatic hydroxyl groups excluding tert-OH is 1. The number of pyridine rings is 1. The van der Waals surface area contributed by atoms with Gasteiger partial charge >= 0.3 is 5.97 Å². The topological polar surface area (TPSA) is 70.4 Å². The van der Waals surface area contributed by atoms with Crippen LogP contribution in [0, 0.1) is 17.5 Å². The molecule has 0 fully saturated rings. The van der Waals surface area contributed by atoms with Crippen LogP contribution in [0.5, 0.6) is 0 Å². The molecule has 2 N–H and O–H groups in total. The van der Waals surface area contributed by atoms with Gasteiger partial charge in [0, 0.05) is 0 Å². The number of carbonyl (C=O) groups is 1. The van der Waals surface area contributed by atoms with E-state index in [-0.39, 0.29) is 5.56 Å². The molecule has 0 bridgehead atoms. The maximum atomic E-state index is 14.0. The molecule has 0 aliphatic rings. The molecule has 1 aromatic carbocycles. The number of hydrogen-bond donors (Lipinski definition) is 2. The van der Waals surface area contributed by atoms with Crippen LogP contribution in [0.2, 0.25) is 0 Å². The highest BCUT2D eigenvalue weighted by molar-refractivity contribution is 5.86. The van der Waals surface area contributed by atoms with Gasteiger partial charge in [-0.3, -0.25) is 0 Å². The van der Waals surface area contributed by atoms with Crippen molar-refractivity contribution in [3.63, 3.8) is 0 Å². The molecular formula is C14H10F3NO3. The quantitative estimate of drug-likeness (QED) is 0.914. The molecule has 0 saturated carbocycles. The molecule has 0 saturated heterocycles. The number of hydrogen-bond acceptors (Lipinski definition) is 3. The van der Waals surface area contributed by atoms with E-state index >= 15 is 0 Å². The molecule has 7 heteroatoms. The van der Waals surface area contributed by atoms with Gasteiger partial charge in [-0.1, -0.05) is 0 Å². The van der Waals surface area contributed by atoms with Gasteiger partial charge in [-0.05, 0) is 36.8 Å². The molecule has 0 aliphatic carbocycles. The fourth-order valence-corrected chi connectivity index (χ4v) is 1.80. The van der Waals surface area contributed by atoms with Gasteiger partial charge in [0.1, 0.15) is 28.8 Å². The summed E-state index contributed by atoms with van der Waals surface area (Å²) in [7, 11) is 0. The molecule has 4 nitrogen and oxygen atoms in total. The lowest BCUT2D eigenvalue weighted by atomic mass is 10.0. The largest absolute Gasteiger partial charge is 0.477 e. The van der Waals surface area contributed by atoms with Crippen molar-refractivity contribution in [3.05, 3.63) is 53.0 Å². The first-order valence-corrected chi connectivity index (χ1v) is 5.88. The predicted octanol–water partition coefficient (Wildman–Crippen LogP) is 2.92. The minimum atomic E-state index is -1.45. The van der Waals surface area contributed by atoms with Crippen molar-refractivity contribution in [1.82, 2.24) is 4.98 Å². The number of halogens is 3. The fraction of sp³-hybridized carbons (Fsp3) is 0.143. The Hall–Kier alpha value is -2.41. The Labute approximate surface area is 117 Å². The molecule has 0 amide bonds.